The summed E-state index contributed by atoms with van der Waals surface area (Å²) in [5.74, 6) is -1.61. The standard InChI is InChI=1S/C9H16ClNO6S/c1-2-18(15,16)6-3-7(8(12)13)11-9(14)17-5-4-10/h7H,2-6H2,1H3,(H,11,14)(H,12,13). The molecule has 0 aromatic carbocycles. The van der Waals surface area contributed by atoms with Crippen molar-refractivity contribution in [2.24, 2.45) is 0 Å². The van der Waals surface area contributed by atoms with Gasteiger partial charge in [0.2, 0.25) is 0 Å². The maximum absolute atomic E-state index is 11.2. The van der Waals surface area contributed by atoms with Crippen LogP contribution in [0, 0.1) is 0 Å². The molecule has 0 heterocycles. The number of alkyl carbamates (subject to hydrolysis) is 1. The summed E-state index contributed by atoms with van der Waals surface area (Å²) in [6.45, 7) is 1.42. The second-order valence-corrected chi connectivity index (χ2v) is 6.24. The largest absolute Gasteiger partial charge is 0.480 e. The van der Waals surface area contributed by atoms with E-state index < -0.39 is 27.9 Å². The van der Waals surface area contributed by atoms with Crippen LogP contribution >= 0.6 is 11.6 Å². The van der Waals surface area contributed by atoms with Gasteiger partial charge in [-0.05, 0) is 6.42 Å². The Labute approximate surface area is 110 Å². The van der Waals surface area contributed by atoms with Gasteiger partial charge in [0.05, 0.1) is 11.6 Å². The zero-order valence-corrected chi connectivity index (χ0v) is 11.5. The van der Waals surface area contributed by atoms with Gasteiger partial charge >= 0.3 is 12.1 Å². The summed E-state index contributed by atoms with van der Waals surface area (Å²) in [7, 11) is -3.28. The van der Waals surface area contributed by atoms with Crippen molar-refractivity contribution < 1.29 is 27.9 Å². The number of nitrogens with one attached hydrogen (secondary N) is 1. The van der Waals surface area contributed by atoms with E-state index >= 15 is 0 Å². The maximum atomic E-state index is 11.2. The number of carboxylic acids is 1. The summed E-state index contributed by atoms with van der Waals surface area (Å²) in [5, 5.41) is 10.9. The molecule has 0 radical (unpaired) electrons. The minimum atomic E-state index is -3.28. The van der Waals surface area contributed by atoms with Crippen LogP contribution in [0.4, 0.5) is 4.79 Å². The number of carboxylic acid groups (broad SMARTS) is 1. The number of aliphatic carboxylic acids is 1. The molecule has 2 N–H and O–H groups in total. The van der Waals surface area contributed by atoms with Crippen LogP contribution in [0.25, 0.3) is 0 Å². The number of carbonyl (C=O) groups is 2. The second-order valence-electron chi connectivity index (χ2n) is 3.39. The quantitative estimate of drug-likeness (QED) is 0.621. The monoisotopic (exact) mass is 301 g/mol. The summed E-state index contributed by atoms with van der Waals surface area (Å²) in [6, 6.07) is -1.30. The Kier molecular flexibility index (Phi) is 7.69. The lowest BCUT2D eigenvalue weighted by Gasteiger charge is -2.14. The van der Waals surface area contributed by atoms with E-state index in [4.69, 9.17) is 16.7 Å². The molecule has 0 aromatic rings. The molecule has 106 valence electrons. The highest BCUT2D eigenvalue weighted by Crippen LogP contribution is 2.00. The van der Waals surface area contributed by atoms with Crippen LogP contribution in [0.2, 0.25) is 0 Å². The van der Waals surface area contributed by atoms with E-state index in [9.17, 15) is 18.0 Å². The number of alkyl halides is 1. The minimum Gasteiger partial charge on any atom is -0.480 e. The van der Waals surface area contributed by atoms with Gasteiger partial charge < -0.3 is 15.2 Å². The molecule has 0 aliphatic heterocycles. The van der Waals surface area contributed by atoms with Crippen molar-refractivity contribution in [3.63, 3.8) is 0 Å². The van der Waals surface area contributed by atoms with Gasteiger partial charge in [-0.2, -0.15) is 0 Å². The Morgan fingerprint density at radius 2 is 2.06 bits per heavy atom. The van der Waals surface area contributed by atoms with Gasteiger partial charge in [-0.25, -0.2) is 18.0 Å². The second kappa shape index (κ2) is 8.15. The molecular weight excluding hydrogens is 286 g/mol. The van der Waals surface area contributed by atoms with E-state index in [1.807, 2.05) is 0 Å². The van der Waals surface area contributed by atoms with Crippen LogP contribution < -0.4 is 5.32 Å². The molecule has 0 rings (SSSR count). The number of sulfone groups is 1. The minimum absolute atomic E-state index is 0.0486. The highest BCUT2D eigenvalue weighted by molar-refractivity contribution is 7.91. The van der Waals surface area contributed by atoms with Gasteiger partial charge in [0.15, 0.2) is 0 Å². The van der Waals surface area contributed by atoms with Crippen LogP contribution in [0.5, 0.6) is 0 Å². The lowest BCUT2D eigenvalue weighted by atomic mass is 10.2. The number of carbonyl (C=O) groups excluding carboxylic acids is 1. The number of amides is 1. The molecule has 1 unspecified atom stereocenters. The van der Waals surface area contributed by atoms with Crippen LogP contribution in [-0.4, -0.2) is 55.6 Å². The fourth-order valence-electron chi connectivity index (χ4n) is 1.01. The van der Waals surface area contributed by atoms with Gasteiger partial charge in [-0.15, -0.1) is 11.6 Å². The third-order valence-electron chi connectivity index (χ3n) is 2.06. The third kappa shape index (κ3) is 7.33. The van der Waals surface area contributed by atoms with Gasteiger partial charge in [0.1, 0.15) is 22.5 Å². The number of hydrogen-bond donors (Lipinski definition) is 2. The Morgan fingerprint density at radius 1 is 1.44 bits per heavy atom. The Bertz CT molecular complexity index is 383. The molecule has 0 saturated carbocycles. The SMILES string of the molecule is CCS(=O)(=O)CCC(NC(=O)OCCCl)C(=O)O. The molecule has 0 aromatic heterocycles. The highest BCUT2D eigenvalue weighted by atomic mass is 35.5. The summed E-state index contributed by atoms with van der Waals surface area (Å²) in [5.41, 5.74) is 0. The fourth-order valence-corrected chi connectivity index (χ4v) is 1.97. The van der Waals surface area contributed by atoms with E-state index in [1.54, 1.807) is 0 Å². The average molecular weight is 302 g/mol. The van der Waals surface area contributed by atoms with Gasteiger partial charge in [-0.3, -0.25) is 0 Å². The van der Waals surface area contributed by atoms with Crippen LogP contribution in [0.1, 0.15) is 13.3 Å². The molecule has 1 atom stereocenters. The van der Waals surface area contributed by atoms with Crippen molar-refractivity contribution in [2.45, 2.75) is 19.4 Å². The van der Waals surface area contributed by atoms with Crippen molar-refractivity contribution >= 4 is 33.5 Å². The predicted octanol–water partition coefficient (Wildman–Crippen LogP) is 0.229. The lowest BCUT2D eigenvalue weighted by Crippen LogP contribution is -2.42. The third-order valence-corrected chi connectivity index (χ3v) is 3.95. The zero-order valence-electron chi connectivity index (χ0n) is 9.89. The number of halogens is 1. The molecule has 0 bridgehead atoms. The first-order valence-electron chi connectivity index (χ1n) is 5.25. The van der Waals surface area contributed by atoms with Crippen molar-refractivity contribution in [2.75, 3.05) is 24.0 Å². The molecule has 1 amide bonds. The van der Waals surface area contributed by atoms with E-state index in [-0.39, 0.29) is 30.4 Å². The van der Waals surface area contributed by atoms with Gasteiger partial charge in [0.25, 0.3) is 0 Å². The van der Waals surface area contributed by atoms with Crippen LogP contribution in [0.3, 0.4) is 0 Å². The van der Waals surface area contributed by atoms with Crippen LogP contribution in [0.15, 0.2) is 0 Å². The first kappa shape index (κ1) is 17.0. The molecule has 7 nitrogen and oxygen atoms in total. The molecule has 9 heteroatoms. The van der Waals surface area contributed by atoms with E-state index in [0.717, 1.165) is 0 Å². The van der Waals surface area contributed by atoms with Gasteiger partial charge in [-0.1, -0.05) is 6.92 Å². The summed E-state index contributed by atoms with van der Waals surface area (Å²) >= 11 is 5.28. The van der Waals surface area contributed by atoms with Crippen molar-refractivity contribution in [3.8, 4) is 0 Å². The number of rotatable bonds is 8. The van der Waals surface area contributed by atoms with E-state index in [2.05, 4.69) is 10.1 Å². The smallest absolute Gasteiger partial charge is 0.407 e. The van der Waals surface area contributed by atoms with Crippen molar-refractivity contribution in [1.29, 1.82) is 0 Å². The first-order valence-corrected chi connectivity index (χ1v) is 7.60. The zero-order chi connectivity index (χ0) is 14.2. The topological polar surface area (TPSA) is 110 Å². The maximum Gasteiger partial charge on any atom is 0.407 e. The molecule has 18 heavy (non-hydrogen) atoms. The van der Waals surface area contributed by atoms with E-state index in [0.29, 0.717) is 0 Å². The normalized spacial score (nSPS) is 12.8. The number of hydrogen-bond acceptors (Lipinski definition) is 5. The Hall–Kier alpha value is -1.02. The fraction of sp³-hybridized carbons (Fsp3) is 0.778. The molecule has 0 aliphatic carbocycles. The molecule has 0 saturated heterocycles. The number of ether oxygens (including phenoxy) is 1. The molecule has 0 spiro atoms. The van der Waals surface area contributed by atoms with Crippen molar-refractivity contribution in [1.82, 2.24) is 5.32 Å². The van der Waals surface area contributed by atoms with E-state index in [1.165, 1.54) is 6.92 Å². The summed E-state index contributed by atoms with van der Waals surface area (Å²) in [4.78, 5) is 21.9. The Morgan fingerprint density at radius 3 is 2.50 bits per heavy atom. The first-order chi connectivity index (χ1) is 8.32. The lowest BCUT2D eigenvalue weighted by molar-refractivity contribution is -0.139. The Balaban J connectivity index is 4.32. The molecule has 0 fully saturated rings. The molecule has 0 aliphatic rings. The predicted molar refractivity (Wildman–Crippen MR) is 65.6 cm³/mol. The van der Waals surface area contributed by atoms with Gasteiger partial charge in [0, 0.05) is 5.75 Å². The summed E-state index contributed by atoms with van der Waals surface area (Å²) < 4.78 is 27.0. The average Bonchev–Trinajstić information content (AvgIpc) is 2.31. The van der Waals surface area contributed by atoms with Crippen molar-refractivity contribution in [3.05, 3.63) is 0 Å². The molecular formula is C9H16ClNO6S. The highest BCUT2D eigenvalue weighted by Gasteiger charge is 2.22. The summed E-state index contributed by atoms with van der Waals surface area (Å²) in [6.07, 6.45) is -1.14. The van der Waals surface area contributed by atoms with Crippen LogP contribution in [-0.2, 0) is 19.4 Å².